The van der Waals surface area contributed by atoms with Gasteiger partial charge < -0.3 is 15.5 Å². The number of hydrogen-bond donors (Lipinski definition) is 2. The number of nitriles is 1. The van der Waals surface area contributed by atoms with Crippen molar-refractivity contribution in [2.24, 2.45) is 7.05 Å². The molecule has 1 aromatic carbocycles. The summed E-state index contributed by atoms with van der Waals surface area (Å²) < 4.78 is 14.6. The Kier molecular flexibility index (Phi) is 5.20. The predicted octanol–water partition coefficient (Wildman–Crippen LogP) is 3.33. The number of nitrogens with one attached hydrogen (secondary N) is 2. The third-order valence-electron chi connectivity index (χ3n) is 4.75. The fourth-order valence-corrected chi connectivity index (χ4v) is 4.44. The van der Waals surface area contributed by atoms with Gasteiger partial charge >= 0.3 is 6.03 Å². The average molecular weight is 424 g/mol. The molecule has 3 aromatic rings. The molecule has 0 atom stereocenters. The molecule has 4 rings (SSSR count). The van der Waals surface area contributed by atoms with Gasteiger partial charge in [-0.2, -0.15) is 10.4 Å². The maximum atomic E-state index is 13.0. The van der Waals surface area contributed by atoms with Crippen molar-refractivity contribution in [3.63, 3.8) is 0 Å². The number of hydrogen-bond acceptors (Lipinski definition) is 5. The second kappa shape index (κ2) is 7.96. The van der Waals surface area contributed by atoms with Gasteiger partial charge in [0.1, 0.15) is 16.9 Å². The molecule has 3 amide bonds. The first-order chi connectivity index (χ1) is 14.4. The number of thiophene rings is 1. The summed E-state index contributed by atoms with van der Waals surface area (Å²) in [6.07, 6.45) is 3.56. The van der Waals surface area contributed by atoms with Crippen LogP contribution < -0.4 is 10.6 Å². The zero-order chi connectivity index (χ0) is 21.3. The molecular weight excluding hydrogens is 407 g/mol. The highest BCUT2D eigenvalue weighted by molar-refractivity contribution is 7.16. The quantitative estimate of drug-likeness (QED) is 0.673. The van der Waals surface area contributed by atoms with Gasteiger partial charge in [0, 0.05) is 30.4 Å². The Hall–Kier alpha value is -3.71. The van der Waals surface area contributed by atoms with E-state index < -0.39 is 0 Å². The molecule has 152 valence electrons. The molecule has 0 unspecified atom stereocenters. The molecule has 1 aliphatic rings. The van der Waals surface area contributed by atoms with E-state index in [9.17, 15) is 19.2 Å². The number of carbonyl (C=O) groups excluding carboxylic acids is 2. The molecule has 0 spiro atoms. The molecule has 2 aromatic heterocycles. The van der Waals surface area contributed by atoms with Crippen LogP contribution in [0.15, 0.2) is 36.7 Å². The summed E-state index contributed by atoms with van der Waals surface area (Å²) in [6.45, 7) is 0.756. The Morgan fingerprint density at radius 1 is 1.27 bits per heavy atom. The SMILES string of the molecule is Cn1cc(C(=O)Nc2sc3c(c2C#N)CCN(C(=O)Nc2ccc(F)cc2)C3)cn1. The maximum Gasteiger partial charge on any atom is 0.322 e. The number of nitrogens with zero attached hydrogens (tertiary/aromatic N) is 4. The van der Waals surface area contributed by atoms with Gasteiger partial charge in [-0.1, -0.05) is 0 Å². The van der Waals surface area contributed by atoms with Crippen molar-refractivity contribution in [3.05, 3.63) is 64.0 Å². The molecule has 8 nitrogen and oxygen atoms in total. The molecule has 0 fully saturated rings. The van der Waals surface area contributed by atoms with Gasteiger partial charge in [-0.25, -0.2) is 9.18 Å². The van der Waals surface area contributed by atoms with Crippen molar-refractivity contribution in [1.82, 2.24) is 14.7 Å². The van der Waals surface area contributed by atoms with Crippen LogP contribution in [0.3, 0.4) is 0 Å². The van der Waals surface area contributed by atoms with E-state index in [1.165, 1.54) is 46.5 Å². The van der Waals surface area contributed by atoms with Gasteiger partial charge in [-0.15, -0.1) is 11.3 Å². The van der Waals surface area contributed by atoms with Crippen LogP contribution in [0.4, 0.5) is 19.9 Å². The molecule has 30 heavy (non-hydrogen) atoms. The van der Waals surface area contributed by atoms with Crippen LogP contribution >= 0.6 is 11.3 Å². The van der Waals surface area contributed by atoms with Crippen molar-refractivity contribution < 1.29 is 14.0 Å². The van der Waals surface area contributed by atoms with Crippen molar-refractivity contribution in [3.8, 4) is 6.07 Å². The van der Waals surface area contributed by atoms with Crippen molar-refractivity contribution in [2.75, 3.05) is 17.2 Å². The van der Waals surface area contributed by atoms with Crippen molar-refractivity contribution >= 4 is 34.0 Å². The van der Waals surface area contributed by atoms with Gasteiger partial charge in [-0.3, -0.25) is 9.48 Å². The summed E-state index contributed by atoms with van der Waals surface area (Å²) in [4.78, 5) is 27.5. The minimum Gasteiger partial charge on any atom is -0.319 e. The highest BCUT2D eigenvalue weighted by Crippen LogP contribution is 2.37. The molecule has 1 aliphatic heterocycles. The molecule has 0 aliphatic carbocycles. The Labute approximate surface area is 175 Å². The molecule has 3 heterocycles. The standard InChI is InChI=1S/C20H17FN6O2S/c1-26-10-12(9-23-26)18(28)25-19-16(8-22)15-6-7-27(11-17(15)30-19)20(29)24-14-4-2-13(21)3-5-14/h2-5,9-10H,6-7,11H2,1H3,(H,24,29)(H,25,28). The Morgan fingerprint density at radius 2 is 2.03 bits per heavy atom. The van der Waals surface area contributed by atoms with E-state index in [1.54, 1.807) is 18.1 Å². The van der Waals surface area contributed by atoms with Crippen LogP contribution in [0, 0.1) is 17.1 Å². The van der Waals surface area contributed by atoms with Crippen LogP contribution in [-0.2, 0) is 20.0 Å². The fraction of sp³-hybridized carbons (Fsp3) is 0.200. The number of rotatable bonds is 3. The molecule has 0 bridgehead atoms. The third-order valence-corrected chi connectivity index (χ3v) is 5.88. The first kappa shape index (κ1) is 19.6. The largest absolute Gasteiger partial charge is 0.322 e. The lowest BCUT2D eigenvalue weighted by Crippen LogP contribution is -2.38. The number of urea groups is 1. The molecule has 0 saturated carbocycles. The van der Waals surface area contributed by atoms with Crippen LogP contribution in [0.1, 0.15) is 26.4 Å². The van der Waals surface area contributed by atoms with E-state index in [4.69, 9.17) is 0 Å². The van der Waals surface area contributed by atoms with Crippen LogP contribution in [-0.4, -0.2) is 33.2 Å². The Balaban J connectivity index is 1.49. The summed E-state index contributed by atoms with van der Waals surface area (Å²) in [5, 5.41) is 19.6. The van der Waals surface area contributed by atoms with E-state index in [1.807, 2.05) is 0 Å². The fourth-order valence-electron chi connectivity index (χ4n) is 3.23. The highest BCUT2D eigenvalue weighted by atomic mass is 32.1. The van der Waals surface area contributed by atoms with Gasteiger partial charge in [0.15, 0.2) is 0 Å². The van der Waals surface area contributed by atoms with Crippen molar-refractivity contribution in [2.45, 2.75) is 13.0 Å². The third kappa shape index (κ3) is 3.88. The molecule has 0 saturated heterocycles. The minimum absolute atomic E-state index is 0.305. The smallest absolute Gasteiger partial charge is 0.319 e. The van der Waals surface area contributed by atoms with Gasteiger partial charge in [0.05, 0.1) is 23.9 Å². The number of aryl methyl sites for hydroxylation is 1. The topological polar surface area (TPSA) is 103 Å². The molecule has 10 heteroatoms. The summed E-state index contributed by atoms with van der Waals surface area (Å²) in [5.41, 5.74) is 2.19. The van der Waals surface area contributed by atoms with E-state index in [0.29, 0.717) is 41.3 Å². The molecule has 2 N–H and O–H groups in total. The first-order valence-corrected chi connectivity index (χ1v) is 9.92. The summed E-state index contributed by atoms with van der Waals surface area (Å²) in [7, 11) is 1.72. The second-order valence-electron chi connectivity index (χ2n) is 6.79. The van der Waals surface area contributed by atoms with Gasteiger partial charge in [0.2, 0.25) is 0 Å². The number of amides is 3. The Morgan fingerprint density at radius 3 is 2.70 bits per heavy atom. The lowest BCUT2D eigenvalue weighted by molar-refractivity contribution is 0.102. The number of fused-ring (bicyclic) bond motifs is 1. The summed E-state index contributed by atoms with van der Waals surface area (Å²) >= 11 is 1.29. The number of anilines is 2. The van der Waals surface area contributed by atoms with E-state index in [-0.39, 0.29) is 17.8 Å². The van der Waals surface area contributed by atoms with Crippen LogP contribution in [0.25, 0.3) is 0 Å². The summed E-state index contributed by atoms with van der Waals surface area (Å²) in [5.74, 6) is -0.719. The Bertz CT molecular complexity index is 1160. The molecule has 0 radical (unpaired) electrons. The van der Waals surface area contributed by atoms with Gasteiger partial charge in [-0.05, 0) is 36.2 Å². The molecular formula is C20H17FN6O2S. The van der Waals surface area contributed by atoms with Crippen molar-refractivity contribution in [1.29, 1.82) is 5.26 Å². The summed E-state index contributed by atoms with van der Waals surface area (Å²) in [6, 6.07) is 7.41. The lowest BCUT2D eigenvalue weighted by atomic mass is 10.0. The van der Waals surface area contributed by atoms with Crippen LogP contribution in [0.5, 0.6) is 0 Å². The number of benzene rings is 1. The number of aromatic nitrogens is 2. The average Bonchev–Trinajstić information content (AvgIpc) is 3.32. The first-order valence-electron chi connectivity index (χ1n) is 9.10. The lowest BCUT2D eigenvalue weighted by Gasteiger charge is -2.27. The number of halogens is 1. The number of carbonyl (C=O) groups is 2. The monoisotopic (exact) mass is 424 g/mol. The van der Waals surface area contributed by atoms with E-state index >= 15 is 0 Å². The van der Waals surface area contributed by atoms with E-state index in [2.05, 4.69) is 21.8 Å². The highest BCUT2D eigenvalue weighted by Gasteiger charge is 2.28. The van der Waals surface area contributed by atoms with Gasteiger partial charge in [0.25, 0.3) is 5.91 Å². The van der Waals surface area contributed by atoms with E-state index in [0.717, 1.165) is 10.4 Å². The zero-order valence-electron chi connectivity index (χ0n) is 16.0. The second-order valence-corrected chi connectivity index (χ2v) is 7.89. The predicted molar refractivity (Wildman–Crippen MR) is 110 cm³/mol. The van der Waals surface area contributed by atoms with Crippen LogP contribution in [0.2, 0.25) is 0 Å². The normalized spacial score (nSPS) is 12.8. The maximum absolute atomic E-state index is 13.0. The minimum atomic E-state index is -0.376. The zero-order valence-corrected chi connectivity index (χ0v) is 16.8.